The Morgan fingerprint density at radius 2 is 2.14 bits per heavy atom. The fraction of sp³-hybridized carbons (Fsp3) is 0.800. The normalized spacial score (nSPS) is 43.0. The Kier molecular flexibility index (Phi) is 4.75. The molecular formula is C15H23N3O2S. The zero-order valence-corrected chi connectivity index (χ0v) is 12.9. The van der Waals surface area contributed by atoms with Crippen LogP contribution in [0.5, 0.6) is 0 Å². The van der Waals surface area contributed by atoms with Gasteiger partial charge in [-0.15, -0.1) is 18.2 Å². The molecule has 6 heteroatoms. The SMILES string of the molecule is C#CCOC1CCC(C2CC(=O)NC3NC(N)SC32)CC1. The third-order valence-corrected chi connectivity index (χ3v) is 6.23. The van der Waals surface area contributed by atoms with E-state index in [1.165, 1.54) is 0 Å². The molecule has 1 saturated carbocycles. The molecule has 2 heterocycles. The molecule has 1 aliphatic carbocycles. The zero-order valence-electron chi connectivity index (χ0n) is 12.1. The Bertz CT molecular complexity index is 431. The third kappa shape index (κ3) is 3.37. The number of piperidine rings is 1. The van der Waals surface area contributed by atoms with Crippen molar-refractivity contribution in [2.75, 3.05) is 6.61 Å². The molecule has 0 spiro atoms. The number of ether oxygens (including phenoxy) is 1. The van der Waals surface area contributed by atoms with Crippen molar-refractivity contribution in [2.24, 2.45) is 17.6 Å². The van der Waals surface area contributed by atoms with Crippen molar-refractivity contribution in [2.45, 2.75) is 55.1 Å². The summed E-state index contributed by atoms with van der Waals surface area (Å²) < 4.78 is 5.64. The van der Waals surface area contributed by atoms with Gasteiger partial charge >= 0.3 is 0 Å². The largest absolute Gasteiger partial charge is 0.366 e. The van der Waals surface area contributed by atoms with Crippen LogP contribution < -0.4 is 16.4 Å². The highest BCUT2D eigenvalue weighted by Crippen LogP contribution is 2.43. The van der Waals surface area contributed by atoms with E-state index in [1.807, 2.05) is 0 Å². The number of hydrogen-bond donors (Lipinski definition) is 3. The van der Waals surface area contributed by atoms with Gasteiger partial charge in [0.15, 0.2) is 0 Å². The molecule has 4 N–H and O–H groups in total. The molecule has 0 aromatic heterocycles. The first-order valence-corrected chi connectivity index (χ1v) is 8.63. The summed E-state index contributed by atoms with van der Waals surface area (Å²) in [5.41, 5.74) is 5.90. The number of fused-ring (bicyclic) bond motifs is 1. The lowest BCUT2D eigenvalue weighted by Crippen LogP contribution is -2.56. The summed E-state index contributed by atoms with van der Waals surface area (Å²) in [6.45, 7) is 0.403. The van der Waals surface area contributed by atoms with E-state index in [9.17, 15) is 4.79 Å². The first-order valence-electron chi connectivity index (χ1n) is 7.69. The standard InChI is InChI=1S/C15H23N3O2S/c1-2-7-20-10-5-3-9(4-6-10)11-8-12(19)17-14-13(11)21-15(16)18-14/h1,9-11,13-15,18H,3-8,16H2,(H,17,19). The van der Waals surface area contributed by atoms with Gasteiger partial charge in [-0.2, -0.15) is 0 Å². The van der Waals surface area contributed by atoms with Crippen LogP contribution in [0.15, 0.2) is 0 Å². The minimum Gasteiger partial charge on any atom is -0.366 e. The Morgan fingerprint density at radius 3 is 2.86 bits per heavy atom. The molecule has 3 rings (SSSR count). The molecule has 0 radical (unpaired) electrons. The van der Waals surface area contributed by atoms with Gasteiger partial charge in [0.05, 0.1) is 12.3 Å². The van der Waals surface area contributed by atoms with E-state index < -0.39 is 0 Å². The van der Waals surface area contributed by atoms with Crippen LogP contribution in [0, 0.1) is 24.2 Å². The maximum absolute atomic E-state index is 11.9. The predicted molar refractivity (Wildman–Crippen MR) is 83.1 cm³/mol. The number of hydrogen-bond acceptors (Lipinski definition) is 5. The van der Waals surface area contributed by atoms with Gasteiger partial charge in [-0.25, -0.2) is 0 Å². The monoisotopic (exact) mass is 309 g/mol. The lowest BCUT2D eigenvalue weighted by atomic mass is 9.74. The van der Waals surface area contributed by atoms with E-state index in [-0.39, 0.29) is 17.6 Å². The number of nitrogens with one attached hydrogen (secondary N) is 2. The number of thioether (sulfide) groups is 1. The van der Waals surface area contributed by atoms with Crippen LogP contribution in [0.1, 0.15) is 32.1 Å². The summed E-state index contributed by atoms with van der Waals surface area (Å²) in [4.78, 5) is 11.9. The van der Waals surface area contributed by atoms with E-state index in [2.05, 4.69) is 16.6 Å². The molecule has 0 aromatic carbocycles. The summed E-state index contributed by atoms with van der Waals surface area (Å²) in [5, 5.41) is 6.66. The second kappa shape index (κ2) is 6.57. The smallest absolute Gasteiger partial charge is 0.221 e. The van der Waals surface area contributed by atoms with Gasteiger partial charge in [-0.05, 0) is 37.5 Å². The van der Waals surface area contributed by atoms with Crippen molar-refractivity contribution >= 4 is 17.7 Å². The van der Waals surface area contributed by atoms with Gasteiger partial charge in [0.25, 0.3) is 0 Å². The van der Waals surface area contributed by atoms with Crippen molar-refractivity contribution in [1.29, 1.82) is 0 Å². The summed E-state index contributed by atoms with van der Waals surface area (Å²) >= 11 is 1.76. The number of nitrogens with two attached hydrogens (primary N) is 1. The van der Waals surface area contributed by atoms with E-state index in [0.717, 1.165) is 25.7 Å². The van der Waals surface area contributed by atoms with Crippen molar-refractivity contribution in [3.63, 3.8) is 0 Å². The minimum atomic E-state index is -0.0730. The molecule has 4 unspecified atom stereocenters. The van der Waals surface area contributed by atoms with Gasteiger partial charge in [-0.1, -0.05) is 5.92 Å². The Balaban J connectivity index is 1.59. The molecular weight excluding hydrogens is 286 g/mol. The van der Waals surface area contributed by atoms with Crippen molar-refractivity contribution in [3.05, 3.63) is 0 Å². The first-order chi connectivity index (χ1) is 10.2. The third-order valence-electron chi connectivity index (χ3n) is 4.86. The number of amides is 1. The van der Waals surface area contributed by atoms with Crippen molar-refractivity contribution in [1.82, 2.24) is 10.6 Å². The average Bonchev–Trinajstić information content (AvgIpc) is 2.85. The van der Waals surface area contributed by atoms with Gasteiger partial charge in [0.2, 0.25) is 5.91 Å². The number of terminal acetylenes is 1. The molecule has 1 amide bonds. The molecule has 5 nitrogen and oxygen atoms in total. The molecule has 0 aromatic rings. The van der Waals surface area contributed by atoms with Crippen LogP contribution in [0.4, 0.5) is 0 Å². The lowest BCUT2D eigenvalue weighted by Gasteiger charge is -2.40. The summed E-state index contributed by atoms with van der Waals surface area (Å²) in [6.07, 6.45) is 10.5. The van der Waals surface area contributed by atoms with Crippen LogP contribution in [-0.4, -0.2) is 35.5 Å². The van der Waals surface area contributed by atoms with E-state index in [1.54, 1.807) is 11.8 Å². The molecule has 0 bridgehead atoms. The van der Waals surface area contributed by atoms with Crippen LogP contribution in [0.25, 0.3) is 0 Å². The molecule has 3 fully saturated rings. The molecule has 3 aliphatic rings. The minimum absolute atomic E-state index is 0.0339. The maximum Gasteiger partial charge on any atom is 0.221 e. The van der Waals surface area contributed by atoms with Gasteiger partial charge < -0.3 is 15.8 Å². The molecule has 116 valence electrons. The van der Waals surface area contributed by atoms with Crippen LogP contribution >= 0.6 is 11.8 Å². The highest BCUT2D eigenvalue weighted by molar-refractivity contribution is 8.00. The number of rotatable bonds is 3. The van der Waals surface area contributed by atoms with E-state index in [4.69, 9.17) is 16.9 Å². The van der Waals surface area contributed by atoms with Crippen LogP contribution in [0.2, 0.25) is 0 Å². The Labute approximate surface area is 130 Å². The Morgan fingerprint density at radius 1 is 1.38 bits per heavy atom. The average molecular weight is 309 g/mol. The maximum atomic E-state index is 11.9. The van der Waals surface area contributed by atoms with Crippen molar-refractivity contribution in [3.8, 4) is 12.3 Å². The fourth-order valence-electron chi connectivity index (χ4n) is 3.88. The number of carbonyl (C=O) groups excluding carboxylic acids is 1. The molecule has 2 saturated heterocycles. The summed E-state index contributed by atoms with van der Waals surface area (Å²) in [7, 11) is 0. The quantitative estimate of drug-likeness (QED) is 0.666. The van der Waals surface area contributed by atoms with Crippen LogP contribution in [-0.2, 0) is 9.53 Å². The number of carbonyl (C=O) groups is 1. The predicted octanol–water partition coefficient (Wildman–Crippen LogP) is 0.605. The molecule has 2 aliphatic heterocycles. The zero-order chi connectivity index (χ0) is 14.8. The molecule has 21 heavy (non-hydrogen) atoms. The Hall–Kier alpha value is -0.740. The second-order valence-corrected chi connectivity index (χ2v) is 7.48. The highest BCUT2D eigenvalue weighted by Gasteiger charge is 2.46. The first kappa shape index (κ1) is 15.2. The van der Waals surface area contributed by atoms with E-state index in [0.29, 0.717) is 36.2 Å². The summed E-state index contributed by atoms with van der Waals surface area (Å²) in [6, 6.07) is 0. The molecule has 4 atom stereocenters. The van der Waals surface area contributed by atoms with Gasteiger partial charge in [0, 0.05) is 11.7 Å². The lowest BCUT2D eigenvalue weighted by molar-refractivity contribution is -0.125. The highest BCUT2D eigenvalue weighted by atomic mass is 32.2. The topological polar surface area (TPSA) is 76.4 Å². The van der Waals surface area contributed by atoms with E-state index >= 15 is 0 Å². The fourth-order valence-corrected chi connectivity index (χ4v) is 5.27. The van der Waals surface area contributed by atoms with Crippen molar-refractivity contribution < 1.29 is 9.53 Å². The summed E-state index contributed by atoms with van der Waals surface area (Å²) in [5.74, 6) is 3.69. The second-order valence-electron chi connectivity index (χ2n) is 6.15. The van der Waals surface area contributed by atoms with Crippen LogP contribution in [0.3, 0.4) is 0 Å². The van der Waals surface area contributed by atoms with Gasteiger partial charge in [-0.3, -0.25) is 10.1 Å². The van der Waals surface area contributed by atoms with Gasteiger partial charge in [0.1, 0.15) is 12.1 Å².